The molecule has 0 unspecified atom stereocenters. The first kappa shape index (κ1) is 17.8. The predicted molar refractivity (Wildman–Crippen MR) is 100 cm³/mol. The number of hydrogen-bond acceptors (Lipinski definition) is 4. The van der Waals surface area contributed by atoms with E-state index in [4.69, 9.17) is 37.4 Å². The average molecular weight is 378 g/mol. The normalized spacial score (nSPS) is 10.8. The summed E-state index contributed by atoms with van der Waals surface area (Å²) in [5, 5.41) is 1.93. The summed E-state index contributed by atoms with van der Waals surface area (Å²) < 4.78 is 16.8. The zero-order valence-electron chi connectivity index (χ0n) is 13.5. The quantitative estimate of drug-likeness (QED) is 0.517. The van der Waals surface area contributed by atoms with Crippen LogP contribution in [0.5, 0.6) is 11.5 Å². The van der Waals surface area contributed by atoms with Gasteiger partial charge >= 0.3 is 0 Å². The molecule has 25 heavy (non-hydrogen) atoms. The molecule has 0 aliphatic carbocycles. The molecule has 0 saturated carbocycles. The van der Waals surface area contributed by atoms with E-state index in [0.717, 1.165) is 16.7 Å². The van der Waals surface area contributed by atoms with E-state index in [9.17, 15) is 0 Å². The van der Waals surface area contributed by atoms with Gasteiger partial charge in [-0.3, -0.25) is 4.98 Å². The summed E-state index contributed by atoms with van der Waals surface area (Å²) in [5.41, 5.74) is 0.851. The Morgan fingerprint density at radius 3 is 2.28 bits per heavy atom. The largest absolute Gasteiger partial charge is 0.490 e. The summed E-state index contributed by atoms with van der Waals surface area (Å²) in [6.45, 7) is 1.71. The molecule has 0 bridgehead atoms. The number of ether oxygens (including phenoxy) is 3. The van der Waals surface area contributed by atoms with Gasteiger partial charge in [0.1, 0.15) is 35.3 Å². The third-order valence-electron chi connectivity index (χ3n) is 3.48. The van der Waals surface area contributed by atoms with Crippen molar-refractivity contribution in [2.45, 2.75) is 0 Å². The number of benzene rings is 2. The molecule has 1 heterocycles. The van der Waals surface area contributed by atoms with Crippen molar-refractivity contribution in [1.82, 2.24) is 4.98 Å². The molecule has 3 rings (SSSR count). The summed E-state index contributed by atoms with van der Waals surface area (Å²) in [4.78, 5) is 4.35. The minimum Gasteiger partial charge on any atom is -0.490 e. The van der Waals surface area contributed by atoms with Crippen molar-refractivity contribution in [3.63, 3.8) is 0 Å². The van der Waals surface area contributed by atoms with Gasteiger partial charge in [0, 0.05) is 11.6 Å². The van der Waals surface area contributed by atoms with Crippen molar-refractivity contribution in [1.29, 1.82) is 0 Å². The highest BCUT2D eigenvalue weighted by molar-refractivity contribution is 6.42. The standard InChI is InChI=1S/C19H17Cl2NO3/c20-15-6-2-7-16(18(15)21)24-12-10-23-11-13-25-17-8-1-4-14-5-3-9-22-19(14)17/h1-9H,10-13H2. The second kappa shape index (κ2) is 8.90. The molecule has 0 atom stereocenters. The first-order chi connectivity index (χ1) is 12.3. The molecular formula is C19H17Cl2NO3. The van der Waals surface area contributed by atoms with Crippen molar-refractivity contribution in [2.75, 3.05) is 26.4 Å². The Kier molecular flexibility index (Phi) is 6.34. The number of hydrogen-bond donors (Lipinski definition) is 0. The first-order valence-corrected chi connectivity index (χ1v) is 8.62. The second-order valence-corrected chi connectivity index (χ2v) is 5.98. The van der Waals surface area contributed by atoms with Crippen molar-refractivity contribution in [2.24, 2.45) is 0 Å². The Hall–Kier alpha value is -2.01. The predicted octanol–water partition coefficient (Wildman–Crippen LogP) is 5.02. The Morgan fingerprint density at radius 2 is 1.44 bits per heavy atom. The van der Waals surface area contributed by atoms with E-state index in [1.807, 2.05) is 30.3 Å². The monoisotopic (exact) mass is 377 g/mol. The van der Waals surface area contributed by atoms with Crippen molar-refractivity contribution in [3.05, 3.63) is 64.8 Å². The van der Waals surface area contributed by atoms with Gasteiger partial charge in [0.2, 0.25) is 0 Å². The van der Waals surface area contributed by atoms with Crippen LogP contribution in [0.1, 0.15) is 0 Å². The molecule has 0 aliphatic heterocycles. The molecule has 1 aromatic heterocycles. The lowest BCUT2D eigenvalue weighted by atomic mass is 10.2. The summed E-state index contributed by atoms with van der Waals surface area (Å²) in [6, 6.07) is 15.0. The maximum Gasteiger partial charge on any atom is 0.145 e. The van der Waals surface area contributed by atoms with E-state index in [2.05, 4.69) is 4.98 Å². The molecular weight excluding hydrogens is 361 g/mol. The molecule has 0 amide bonds. The maximum absolute atomic E-state index is 6.05. The van der Waals surface area contributed by atoms with Gasteiger partial charge in [-0.1, -0.05) is 47.5 Å². The lowest BCUT2D eigenvalue weighted by Crippen LogP contribution is -2.12. The van der Waals surface area contributed by atoms with Crippen LogP contribution >= 0.6 is 23.2 Å². The van der Waals surface area contributed by atoms with Crippen LogP contribution in [0.2, 0.25) is 10.0 Å². The summed E-state index contributed by atoms with van der Waals surface area (Å²) in [5.74, 6) is 1.31. The van der Waals surface area contributed by atoms with Crippen LogP contribution < -0.4 is 9.47 Å². The van der Waals surface area contributed by atoms with Crippen LogP contribution in [0.15, 0.2) is 54.7 Å². The Balaban J connectivity index is 1.38. The minimum absolute atomic E-state index is 0.385. The number of halogens is 2. The van der Waals surface area contributed by atoms with E-state index < -0.39 is 0 Å². The number of rotatable bonds is 8. The van der Waals surface area contributed by atoms with Gasteiger partial charge < -0.3 is 14.2 Å². The highest BCUT2D eigenvalue weighted by Gasteiger charge is 2.05. The SMILES string of the molecule is Clc1cccc(OCCOCCOc2cccc3cccnc23)c1Cl. The average Bonchev–Trinajstić information content (AvgIpc) is 2.64. The number of pyridine rings is 1. The molecule has 0 radical (unpaired) electrons. The van der Waals surface area contributed by atoms with Crippen LogP contribution in [-0.2, 0) is 4.74 Å². The van der Waals surface area contributed by atoms with Gasteiger partial charge in [0.15, 0.2) is 0 Å². The number of nitrogens with zero attached hydrogens (tertiary/aromatic N) is 1. The van der Waals surface area contributed by atoms with E-state index in [1.54, 1.807) is 24.4 Å². The zero-order valence-corrected chi connectivity index (χ0v) is 15.0. The van der Waals surface area contributed by atoms with E-state index in [0.29, 0.717) is 42.2 Å². The van der Waals surface area contributed by atoms with E-state index in [-0.39, 0.29) is 0 Å². The van der Waals surface area contributed by atoms with Gasteiger partial charge in [-0.15, -0.1) is 0 Å². The Bertz CT molecular complexity index is 837. The van der Waals surface area contributed by atoms with Crippen molar-refractivity contribution < 1.29 is 14.2 Å². The van der Waals surface area contributed by atoms with Crippen LogP contribution in [-0.4, -0.2) is 31.4 Å². The molecule has 0 fully saturated rings. The van der Waals surface area contributed by atoms with Crippen molar-refractivity contribution >= 4 is 34.1 Å². The third-order valence-corrected chi connectivity index (χ3v) is 4.28. The van der Waals surface area contributed by atoms with Gasteiger partial charge in [-0.2, -0.15) is 0 Å². The Labute approximate surface area is 156 Å². The number of para-hydroxylation sites is 1. The highest BCUT2D eigenvalue weighted by atomic mass is 35.5. The summed E-state index contributed by atoms with van der Waals surface area (Å²) >= 11 is 12.0. The van der Waals surface area contributed by atoms with Gasteiger partial charge in [-0.05, 0) is 24.3 Å². The zero-order chi connectivity index (χ0) is 17.5. The second-order valence-electron chi connectivity index (χ2n) is 5.19. The van der Waals surface area contributed by atoms with Crippen LogP contribution in [0.4, 0.5) is 0 Å². The molecule has 0 N–H and O–H groups in total. The van der Waals surface area contributed by atoms with Crippen LogP contribution in [0.25, 0.3) is 10.9 Å². The fraction of sp³-hybridized carbons (Fsp3) is 0.211. The highest BCUT2D eigenvalue weighted by Crippen LogP contribution is 2.31. The molecule has 0 saturated heterocycles. The van der Waals surface area contributed by atoms with Crippen molar-refractivity contribution in [3.8, 4) is 11.5 Å². The molecule has 6 heteroatoms. The number of fused-ring (bicyclic) bond motifs is 1. The fourth-order valence-electron chi connectivity index (χ4n) is 2.31. The molecule has 130 valence electrons. The smallest absolute Gasteiger partial charge is 0.145 e. The van der Waals surface area contributed by atoms with E-state index in [1.165, 1.54) is 0 Å². The lowest BCUT2D eigenvalue weighted by molar-refractivity contribution is 0.0768. The van der Waals surface area contributed by atoms with Gasteiger partial charge in [0.25, 0.3) is 0 Å². The maximum atomic E-state index is 6.05. The van der Waals surface area contributed by atoms with E-state index >= 15 is 0 Å². The van der Waals surface area contributed by atoms with Crippen LogP contribution in [0, 0.1) is 0 Å². The number of aromatic nitrogens is 1. The Morgan fingerprint density at radius 1 is 0.760 bits per heavy atom. The lowest BCUT2D eigenvalue weighted by Gasteiger charge is -2.10. The topological polar surface area (TPSA) is 40.6 Å². The first-order valence-electron chi connectivity index (χ1n) is 7.87. The molecule has 0 aliphatic rings. The minimum atomic E-state index is 0.385. The van der Waals surface area contributed by atoms with Gasteiger partial charge in [-0.25, -0.2) is 0 Å². The molecule has 4 nitrogen and oxygen atoms in total. The van der Waals surface area contributed by atoms with Crippen LogP contribution in [0.3, 0.4) is 0 Å². The third kappa shape index (κ3) is 4.75. The fourth-order valence-corrected chi connectivity index (χ4v) is 2.66. The summed E-state index contributed by atoms with van der Waals surface area (Å²) in [7, 11) is 0. The molecule has 2 aromatic carbocycles. The van der Waals surface area contributed by atoms with Gasteiger partial charge in [0.05, 0.1) is 18.2 Å². The molecule has 3 aromatic rings. The molecule has 0 spiro atoms. The summed E-state index contributed by atoms with van der Waals surface area (Å²) in [6.07, 6.45) is 1.75.